The summed E-state index contributed by atoms with van der Waals surface area (Å²) in [5.74, 6) is -1.72. The van der Waals surface area contributed by atoms with Gasteiger partial charge in [-0.2, -0.15) is 13.2 Å². The van der Waals surface area contributed by atoms with E-state index < -0.39 is 23.4 Å². The summed E-state index contributed by atoms with van der Waals surface area (Å²) >= 11 is 1.36. The number of nitrogens with one attached hydrogen (secondary N) is 1. The number of aromatic amines is 1. The molecule has 2 N–H and O–H groups in total. The highest BCUT2D eigenvalue weighted by Gasteiger charge is 2.30. The quantitative estimate of drug-likeness (QED) is 0.345. The Bertz CT molecular complexity index is 1260. The molecule has 1 aromatic heterocycles. The van der Waals surface area contributed by atoms with Crippen LogP contribution in [0.1, 0.15) is 16.7 Å². The van der Waals surface area contributed by atoms with Crippen LogP contribution in [0.3, 0.4) is 0 Å². The maximum Gasteiger partial charge on any atom is 0.416 e. The van der Waals surface area contributed by atoms with E-state index in [2.05, 4.69) is 4.98 Å². The van der Waals surface area contributed by atoms with Crippen molar-refractivity contribution in [2.45, 2.75) is 19.1 Å². The number of rotatable bonds is 7. The Hall–Kier alpha value is -2.98. The Labute approximate surface area is 213 Å². The third-order valence-electron chi connectivity index (χ3n) is 5.31. The van der Waals surface area contributed by atoms with Gasteiger partial charge in [0.15, 0.2) is 11.6 Å². The number of hydrogen-bond donors (Lipinski definition) is 1. The highest BCUT2D eigenvalue weighted by atomic mass is 79.9. The Morgan fingerprint density at radius 2 is 1.51 bits per heavy atom. The van der Waals surface area contributed by atoms with E-state index in [1.165, 1.54) is 29.5 Å². The first-order chi connectivity index (χ1) is 16.2. The molecule has 35 heavy (non-hydrogen) atoms. The maximum atomic E-state index is 13.7. The summed E-state index contributed by atoms with van der Waals surface area (Å²) in [5.41, 5.74) is 2.04. The number of hydrogen-bond acceptors (Lipinski definition) is 3. The molecule has 3 aromatic carbocycles. The van der Waals surface area contributed by atoms with Gasteiger partial charge in [0.05, 0.1) is 12.1 Å². The van der Waals surface area contributed by atoms with Crippen LogP contribution in [0.15, 0.2) is 72.1 Å². The van der Waals surface area contributed by atoms with E-state index >= 15 is 0 Å². The van der Waals surface area contributed by atoms with Crippen LogP contribution in [0.4, 0.5) is 27.1 Å². The average Bonchev–Trinajstić information content (AvgIpc) is 3.29. The van der Waals surface area contributed by atoms with Crippen molar-refractivity contribution in [1.82, 2.24) is 0 Å². The molecule has 3 nitrogen and oxygen atoms in total. The van der Waals surface area contributed by atoms with E-state index in [1.54, 1.807) is 29.6 Å². The standard InChI is InChI=1S/C25H19F5N2OS.BrH/c26-21-10-5-18(13-22(21)27)23-15-34-24(31-23)32(12-11-16-3-8-20(33)9-4-16)14-17-1-6-19(7-2-17)25(28,29)30;/h1-10,13,15,33H,11-12,14H2;1H. The van der Waals surface area contributed by atoms with Gasteiger partial charge in [0.1, 0.15) is 18.0 Å². The van der Waals surface area contributed by atoms with E-state index in [0.717, 1.165) is 35.0 Å². The molecule has 0 atom stereocenters. The van der Waals surface area contributed by atoms with Gasteiger partial charge in [0, 0.05) is 17.4 Å². The van der Waals surface area contributed by atoms with Crippen molar-refractivity contribution >= 4 is 16.5 Å². The summed E-state index contributed by atoms with van der Waals surface area (Å²) in [6.45, 7) is 0.866. The number of aromatic nitrogens is 1. The van der Waals surface area contributed by atoms with Gasteiger partial charge in [-0.05, 0) is 53.6 Å². The maximum absolute atomic E-state index is 13.7. The van der Waals surface area contributed by atoms with Gasteiger partial charge in [-0.25, -0.2) is 18.7 Å². The predicted molar refractivity (Wildman–Crippen MR) is 121 cm³/mol. The number of phenolic OH excluding ortho intramolecular Hbond substituents is 1. The fourth-order valence-electron chi connectivity index (χ4n) is 3.44. The van der Waals surface area contributed by atoms with Crippen molar-refractivity contribution in [3.63, 3.8) is 0 Å². The lowest BCUT2D eigenvalue weighted by Gasteiger charge is -2.16. The van der Waals surface area contributed by atoms with Crippen molar-refractivity contribution < 1.29 is 49.0 Å². The summed E-state index contributed by atoms with van der Waals surface area (Å²) in [6.07, 6.45) is -3.79. The molecule has 0 aliphatic heterocycles. The van der Waals surface area contributed by atoms with Crippen LogP contribution in [0, 0.1) is 11.6 Å². The smallest absolute Gasteiger partial charge is 0.416 e. The first kappa shape index (κ1) is 26.6. The molecule has 0 bridgehead atoms. The van der Waals surface area contributed by atoms with Crippen LogP contribution in [0.2, 0.25) is 0 Å². The monoisotopic (exact) mass is 570 g/mol. The largest absolute Gasteiger partial charge is 1.00 e. The molecule has 0 unspecified atom stereocenters. The second-order valence-electron chi connectivity index (χ2n) is 7.74. The minimum absolute atomic E-state index is 0. The average molecular weight is 571 g/mol. The number of anilines is 1. The van der Waals surface area contributed by atoms with Crippen molar-refractivity contribution in [3.8, 4) is 17.0 Å². The van der Waals surface area contributed by atoms with Gasteiger partial charge in [-0.15, -0.1) is 0 Å². The molecular weight excluding hydrogens is 551 g/mol. The minimum Gasteiger partial charge on any atom is -1.00 e. The van der Waals surface area contributed by atoms with Crippen molar-refractivity contribution in [3.05, 3.63) is 100 Å². The Kier molecular flexibility index (Phi) is 8.50. The molecule has 0 radical (unpaired) electrons. The summed E-state index contributed by atoms with van der Waals surface area (Å²) in [5, 5.41) is 12.0. The molecule has 184 valence electrons. The van der Waals surface area contributed by atoms with Crippen LogP contribution in [0.5, 0.6) is 5.75 Å². The molecule has 0 aliphatic carbocycles. The summed E-state index contributed by atoms with van der Waals surface area (Å²) in [6, 6.07) is 15.4. The number of thiazole rings is 1. The zero-order chi connectivity index (χ0) is 24.3. The molecule has 0 spiro atoms. The Morgan fingerprint density at radius 1 is 0.857 bits per heavy atom. The van der Waals surface area contributed by atoms with Gasteiger partial charge in [0.2, 0.25) is 0 Å². The van der Waals surface area contributed by atoms with E-state index in [1.807, 2.05) is 4.90 Å². The predicted octanol–water partition coefficient (Wildman–Crippen LogP) is 3.49. The number of H-pyrrole nitrogens is 1. The molecule has 10 heteroatoms. The van der Waals surface area contributed by atoms with Gasteiger partial charge in [0.25, 0.3) is 0 Å². The molecule has 0 aliphatic rings. The topological polar surface area (TPSA) is 37.6 Å². The van der Waals surface area contributed by atoms with Crippen molar-refractivity contribution in [1.29, 1.82) is 0 Å². The van der Waals surface area contributed by atoms with Crippen LogP contribution >= 0.6 is 11.3 Å². The van der Waals surface area contributed by atoms with E-state index in [-0.39, 0.29) is 22.7 Å². The van der Waals surface area contributed by atoms with E-state index in [0.29, 0.717) is 36.3 Å². The zero-order valence-electron chi connectivity index (χ0n) is 18.1. The third-order valence-corrected chi connectivity index (χ3v) is 6.25. The summed E-state index contributed by atoms with van der Waals surface area (Å²) < 4.78 is 65.7. The highest BCUT2D eigenvalue weighted by Crippen LogP contribution is 2.30. The molecular formula is C25H20BrF5N2OS. The zero-order valence-corrected chi connectivity index (χ0v) is 20.5. The van der Waals surface area contributed by atoms with Gasteiger partial charge in [-0.1, -0.05) is 35.6 Å². The fraction of sp³-hybridized carbons (Fsp3) is 0.160. The second kappa shape index (κ2) is 11.2. The third kappa shape index (κ3) is 6.79. The van der Waals surface area contributed by atoms with Crippen LogP contribution in [-0.2, 0) is 19.1 Å². The number of benzene rings is 3. The highest BCUT2D eigenvalue weighted by molar-refractivity contribution is 7.13. The Balaban J connectivity index is 0.00000342. The SMILES string of the molecule is Oc1ccc(CCN(Cc2ccc(C(F)(F)F)cc2)c2[nH+]c(-c3ccc(F)c(F)c3)cs2)cc1.[Br-]. The summed E-state index contributed by atoms with van der Waals surface area (Å²) in [4.78, 5) is 5.19. The van der Waals surface area contributed by atoms with Crippen LogP contribution in [0.25, 0.3) is 11.3 Å². The number of aromatic hydroxyl groups is 1. The van der Waals surface area contributed by atoms with E-state index in [4.69, 9.17) is 0 Å². The molecule has 0 amide bonds. The number of phenols is 1. The van der Waals surface area contributed by atoms with E-state index in [9.17, 15) is 27.1 Å². The fourth-order valence-corrected chi connectivity index (χ4v) is 4.34. The first-order valence-corrected chi connectivity index (χ1v) is 11.2. The Morgan fingerprint density at radius 3 is 2.14 bits per heavy atom. The molecule has 0 saturated carbocycles. The number of alkyl halides is 3. The first-order valence-electron chi connectivity index (χ1n) is 10.3. The van der Waals surface area contributed by atoms with Crippen molar-refractivity contribution in [2.75, 3.05) is 11.4 Å². The minimum atomic E-state index is -4.40. The summed E-state index contributed by atoms with van der Waals surface area (Å²) in [7, 11) is 0. The molecule has 4 aromatic rings. The lowest BCUT2D eigenvalue weighted by molar-refractivity contribution is -0.344. The molecule has 1 heterocycles. The normalized spacial score (nSPS) is 11.2. The number of nitrogens with zero attached hydrogens (tertiary/aromatic N) is 1. The van der Waals surface area contributed by atoms with Crippen molar-refractivity contribution in [2.24, 2.45) is 0 Å². The van der Waals surface area contributed by atoms with Gasteiger partial charge >= 0.3 is 11.3 Å². The lowest BCUT2D eigenvalue weighted by Crippen LogP contribution is -3.00. The lowest BCUT2D eigenvalue weighted by atomic mass is 10.1. The number of halogens is 6. The molecule has 0 saturated heterocycles. The molecule has 0 fully saturated rings. The second-order valence-corrected chi connectivity index (χ2v) is 8.60. The molecule has 4 rings (SSSR count). The van der Waals surface area contributed by atoms with Gasteiger partial charge < -0.3 is 22.1 Å². The van der Waals surface area contributed by atoms with Crippen LogP contribution in [-0.4, -0.2) is 11.7 Å². The van der Waals surface area contributed by atoms with Crippen LogP contribution < -0.4 is 26.9 Å². The van der Waals surface area contributed by atoms with Gasteiger partial charge in [-0.3, -0.25) is 0 Å².